The first-order chi connectivity index (χ1) is 8.85. The van der Waals surface area contributed by atoms with Crippen LogP contribution in [0.2, 0.25) is 0 Å². The quantitative estimate of drug-likeness (QED) is 0.408. The van der Waals surface area contributed by atoms with E-state index in [0.717, 1.165) is 16.5 Å². The van der Waals surface area contributed by atoms with Gasteiger partial charge in [-0.25, -0.2) is 0 Å². The van der Waals surface area contributed by atoms with E-state index in [-0.39, 0.29) is 24.6 Å². The number of carbonyl (C=O) groups excluding carboxylic acids is 2. The molecule has 0 radical (unpaired) electrons. The topological polar surface area (TPSA) is 52.6 Å². The highest BCUT2D eigenvalue weighted by Gasteiger charge is 2.10. The standard InChI is InChI=1S/C14H21BrO4/c1-10(5-6-18-12(3)16)7-14(19-13(4)17)8-11(2)9-15/h5,8,14H,6-7,9H2,1-4H3/b10-5+,11-8+. The van der Waals surface area contributed by atoms with Gasteiger partial charge in [0.2, 0.25) is 0 Å². The fourth-order valence-corrected chi connectivity index (χ4v) is 1.60. The van der Waals surface area contributed by atoms with Gasteiger partial charge in [-0.05, 0) is 26.0 Å². The van der Waals surface area contributed by atoms with Crippen LogP contribution in [-0.4, -0.2) is 30.0 Å². The zero-order valence-corrected chi connectivity index (χ0v) is 13.5. The van der Waals surface area contributed by atoms with Crippen molar-refractivity contribution in [2.45, 2.75) is 40.2 Å². The number of rotatable bonds is 7. The number of ether oxygens (including phenoxy) is 2. The summed E-state index contributed by atoms with van der Waals surface area (Å²) in [6.45, 7) is 6.88. The van der Waals surface area contributed by atoms with Crippen LogP contribution >= 0.6 is 15.9 Å². The van der Waals surface area contributed by atoms with Gasteiger partial charge >= 0.3 is 11.9 Å². The van der Waals surface area contributed by atoms with Crippen molar-refractivity contribution >= 4 is 27.9 Å². The Bertz CT molecular complexity index is 372. The number of esters is 2. The molecule has 108 valence electrons. The summed E-state index contributed by atoms with van der Waals surface area (Å²) in [5, 5.41) is 0.737. The molecule has 0 fully saturated rings. The lowest BCUT2D eigenvalue weighted by atomic mass is 10.1. The van der Waals surface area contributed by atoms with Gasteiger partial charge in [-0.2, -0.15) is 0 Å². The molecule has 0 aliphatic heterocycles. The van der Waals surface area contributed by atoms with Crippen molar-refractivity contribution in [1.82, 2.24) is 0 Å². The summed E-state index contributed by atoms with van der Waals surface area (Å²) in [5.41, 5.74) is 2.10. The molecule has 0 aromatic carbocycles. The Balaban J connectivity index is 4.53. The molecule has 0 saturated carbocycles. The Kier molecular flexibility index (Phi) is 9.21. The average Bonchev–Trinajstić information content (AvgIpc) is 2.27. The lowest BCUT2D eigenvalue weighted by Crippen LogP contribution is -2.15. The van der Waals surface area contributed by atoms with Gasteiger partial charge in [0.25, 0.3) is 0 Å². The number of allylic oxidation sites excluding steroid dienone is 1. The molecule has 0 spiro atoms. The Morgan fingerprint density at radius 3 is 2.21 bits per heavy atom. The maximum Gasteiger partial charge on any atom is 0.303 e. The molecule has 1 unspecified atom stereocenters. The van der Waals surface area contributed by atoms with E-state index in [1.807, 2.05) is 26.0 Å². The first-order valence-electron chi connectivity index (χ1n) is 6.04. The molecule has 0 aromatic heterocycles. The SMILES string of the molecule is CC(=O)OC/C=C(\C)CC(/C=C(\C)CBr)OC(C)=O. The second kappa shape index (κ2) is 9.78. The summed E-state index contributed by atoms with van der Waals surface area (Å²) in [6, 6.07) is 0. The molecule has 0 bridgehead atoms. The summed E-state index contributed by atoms with van der Waals surface area (Å²) >= 11 is 3.35. The lowest BCUT2D eigenvalue weighted by Gasteiger charge is -2.14. The largest absolute Gasteiger partial charge is 0.462 e. The van der Waals surface area contributed by atoms with Crippen molar-refractivity contribution in [2.24, 2.45) is 0 Å². The second-order valence-electron chi connectivity index (χ2n) is 4.35. The van der Waals surface area contributed by atoms with Crippen LogP contribution in [0.4, 0.5) is 0 Å². The minimum atomic E-state index is -0.310. The van der Waals surface area contributed by atoms with Gasteiger partial charge < -0.3 is 9.47 Å². The fraction of sp³-hybridized carbons (Fsp3) is 0.571. The fourth-order valence-electron chi connectivity index (χ4n) is 1.41. The van der Waals surface area contributed by atoms with Gasteiger partial charge in [0, 0.05) is 25.6 Å². The highest BCUT2D eigenvalue weighted by molar-refractivity contribution is 9.09. The molecule has 0 rings (SSSR count). The molecular weight excluding hydrogens is 312 g/mol. The number of carbonyl (C=O) groups is 2. The number of hydrogen-bond acceptors (Lipinski definition) is 4. The molecule has 0 aliphatic rings. The molecule has 0 amide bonds. The van der Waals surface area contributed by atoms with Crippen LogP contribution in [0.1, 0.15) is 34.1 Å². The highest BCUT2D eigenvalue weighted by atomic mass is 79.9. The van der Waals surface area contributed by atoms with E-state index in [0.29, 0.717) is 6.42 Å². The third-order valence-corrected chi connectivity index (χ3v) is 3.12. The van der Waals surface area contributed by atoms with E-state index in [1.165, 1.54) is 13.8 Å². The van der Waals surface area contributed by atoms with Crippen LogP contribution in [0.15, 0.2) is 23.3 Å². The van der Waals surface area contributed by atoms with E-state index in [2.05, 4.69) is 15.9 Å². The van der Waals surface area contributed by atoms with Crippen molar-refractivity contribution in [2.75, 3.05) is 11.9 Å². The number of halogens is 1. The van der Waals surface area contributed by atoms with Crippen molar-refractivity contribution in [3.63, 3.8) is 0 Å². The highest BCUT2D eigenvalue weighted by Crippen LogP contribution is 2.13. The van der Waals surface area contributed by atoms with E-state index >= 15 is 0 Å². The van der Waals surface area contributed by atoms with Crippen molar-refractivity contribution in [3.05, 3.63) is 23.3 Å². The third-order valence-electron chi connectivity index (χ3n) is 2.24. The maximum absolute atomic E-state index is 11.1. The Labute approximate surface area is 123 Å². The summed E-state index contributed by atoms with van der Waals surface area (Å²) in [4.78, 5) is 21.7. The molecule has 0 saturated heterocycles. The van der Waals surface area contributed by atoms with E-state index < -0.39 is 0 Å². The molecular formula is C14H21BrO4. The number of alkyl halides is 1. The second-order valence-corrected chi connectivity index (χ2v) is 4.91. The van der Waals surface area contributed by atoms with Crippen LogP contribution in [0.25, 0.3) is 0 Å². The van der Waals surface area contributed by atoms with Crippen LogP contribution in [0.3, 0.4) is 0 Å². The van der Waals surface area contributed by atoms with Gasteiger partial charge in [0.05, 0.1) is 0 Å². The van der Waals surface area contributed by atoms with Crippen molar-refractivity contribution in [1.29, 1.82) is 0 Å². The van der Waals surface area contributed by atoms with Crippen molar-refractivity contribution in [3.8, 4) is 0 Å². The van der Waals surface area contributed by atoms with E-state index in [4.69, 9.17) is 9.47 Å². The van der Waals surface area contributed by atoms with Gasteiger partial charge in [-0.3, -0.25) is 9.59 Å². The Morgan fingerprint density at radius 2 is 1.74 bits per heavy atom. The Hall–Kier alpha value is -1.10. The zero-order chi connectivity index (χ0) is 14.8. The van der Waals surface area contributed by atoms with Crippen LogP contribution in [0.5, 0.6) is 0 Å². The number of hydrogen-bond donors (Lipinski definition) is 0. The molecule has 0 aromatic rings. The minimum absolute atomic E-state index is 0.245. The summed E-state index contributed by atoms with van der Waals surface area (Å²) < 4.78 is 10.1. The molecule has 0 aliphatic carbocycles. The van der Waals surface area contributed by atoms with Crippen LogP contribution in [0, 0.1) is 0 Å². The van der Waals surface area contributed by atoms with Gasteiger partial charge in [0.15, 0.2) is 0 Å². The van der Waals surface area contributed by atoms with E-state index in [1.54, 1.807) is 0 Å². The van der Waals surface area contributed by atoms with Crippen LogP contribution in [-0.2, 0) is 19.1 Å². The lowest BCUT2D eigenvalue weighted by molar-refractivity contribution is -0.144. The molecule has 4 nitrogen and oxygen atoms in total. The summed E-state index contributed by atoms with van der Waals surface area (Å²) in [7, 11) is 0. The molecule has 0 heterocycles. The maximum atomic E-state index is 11.1. The van der Waals surface area contributed by atoms with E-state index in [9.17, 15) is 9.59 Å². The molecule has 1 atom stereocenters. The molecule has 19 heavy (non-hydrogen) atoms. The molecule has 0 N–H and O–H groups in total. The van der Waals surface area contributed by atoms with Crippen LogP contribution < -0.4 is 0 Å². The first-order valence-corrected chi connectivity index (χ1v) is 7.16. The monoisotopic (exact) mass is 332 g/mol. The summed E-state index contributed by atoms with van der Waals surface area (Å²) in [5.74, 6) is -0.618. The summed E-state index contributed by atoms with van der Waals surface area (Å²) in [6.07, 6.45) is 4.03. The minimum Gasteiger partial charge on any atom is -0.462 e. The first kappa shape index (κ1) is 17.9. The normalized spacial score (nSPS) is 13.9. The van der Waals surface area contributed by atoms with Gasteiger partial charge in [-0.1, -0.05) is 27.1 Å². The third kappa shape index (κ3) is 10.5. The van der Waals surface area contributed by atoms with Crippen molar-refractivity contribution < 1.29 is 19.1 Å². The smallest absolute Gasteiger partial charge is 0.303 e. The molecule has 5 heteroatoms. The average molecular weight is 333 g/mol. The predicted molar refractivity (Wildman–Crippen MR) is 78.1 cm³/mol. The van der Waals surface area contributed by atoms with Gasteiger partial charge in [0.1, 0.15) is 12.7 Å². The zero-order valence-electron chi connectivity index (χ0n) is 11.9. The van der Waals surface area contributed by atoms with Gasteiger partial charge in [-0.15, -0.1) is 0 Å². The Morgan fingerprint density at radius 1 is 1.11 bits per heavy atom. The predicted octanol–water partition coefficient (Wildman–Crippen LogP) is 3.16.